The van der Waals surface area contributed by atoms with Crippen molar-refractivity contribution >= 4 is 17.3 Å². The number of ether oxygens (including phenoxy) is 2. The molecule has 0 aliphatic heterocycles. The first-order chi connectivity index (χ1) is 10.2. The summed E-state index contributed by atoms with van der Waals surface area (Å²) in [7, 11) is 1.56. The number of hydrogen-bond donors (Lipinski definition) is 2. The molecular weight excluding hydrogens is 268 g/mol. The largest absolute Gasteiger partial charge is 0.497 e. The number of methoxy groups -OCH3 is 1. The fourth-order valence-corrected chi connectivity index (χ4v) is 1.80. The highest BCUT2D eigenvalue weighted by atomic mass is 16.5. The van der Waals surface area contributed by atoms with E-state index in [4.69, 9.17) is 15.2 Å². The van der Waals surface area contributed by atoms with Gasteiger partial charge in [-0.25, -0.2) is 0 Å². The van der Waals surface area contributed by atoms with Gasteiger partial charge in [0.1, 0.15) is 12.4 Å². The molecule has 0 spiro atoms. The van der Waals surface area contributed by atoms with Crippen LogP contribution in [0.15, 0.2) is 48.5 Å². The number of carbonyl (C=O) groups excluding carboxylic acids is 1. The third-order valence-corrected chi connectivity index (χ3v) is 2.88. The van der Waals surface area contributed by atoms with Crippen molar-refractivity contribution in [1.82, 2.24) is 0 Å². The predicted molar refractivity (Wildman–Crippen MR) is 82.1 cm³/mol. The molecule has 0 bridgehead atoms. The van der Waals surface area contributed by atoms with Crippen LogP contribution >= 0.6 is 0 Å². The van der Waals surface area contributed by atoms with Crippen LogP contribution in [0.3, 0.4) is 0 Å². The maximum Gasteiger partial charge on any atom is 0.250 e. The number of rotatable bonds is 6. The topological polar surface area (TPSA) is 73.6 Å². The molecule has 0 aliphatic rings. The minimum atomic E-state index is -0.247. The summed E-state index contributed by atoms with van der Waals surface area (Å²) >= 11 is 0. The molecule has 0 heterocycles. The lowest BCUT2D eigenvalue weighted by molar-refractivity contribution is -0.121. The van der Waals surface area contributed by atoms with Crippen LogP contribution in [-0.4, -0.2) is 19.6 Å². The second kappa shape index (κ2) is 7.31. The van der Waals surface area contributed by atoms with Gasteiger partial charge in [-0.15, -0.1) is 0 Å². The van der Waals surface area contributed by atoms with E-state index in [0.29, 0.717) is 23.7 Å². The molecule has 2 rings (SSSR count). The molecule has 21 heavy (non-hydrogen) atoms. The molecule has 0 unspecified atom stereocenters. The Morgan fingerprint density at radius 2 is 1.95 bits per heavy atom. The zero-order valence-electron chi connectivity index (χ0n) is 11.8. The van der Waals surface area contributed by atoms with Crippen molar-refractivity contribution in [2.45, 2.75) is 6.61 Å². The zero-order chi connectivity index (χ0) is 15.1. The molecule has 110 valence electrons. The SMILES string of the molecule is COc1ccc(NC(=O)COCc2ccccc2)c(N)c1. The van der Waals surface area contributed by atoms with Crippen molar-refractivity contribution < 1.29 is 14.3 Å². The summed E-state index contributed by atoms with van der Waals surface area (Å²) in [5.74, 6) is 0.397. The van der Waals surface area contributed by atoms with Crippen LogP contribution in [0.1, 0.15) is 5.56 Å². The Morgan fingerprint density at radius 1 is 1.19 bits per heavy atom. The molecule has 0 radical (unpaired) electrons. The highest BCUT2D eigenvalue weighted by Gasteiger charge is 2.06. The summed E-state index contributed by atoms with van der Waals surface area (Å²) in [6.07, 6.45) is 0. The molecule has 2 aromatic rings. The van der Waals surface area contributed by atoms with Gasteiger partial charge in [0, 0.05) is 6.07 Å². The van der Waals surface area contributed by atoms with Crippen LogP contribution in [0.4, 0.5) is 11.4 Å². The molecule has 0 atom stereocenters. The Kier molecular flexibility index (Phi) is 5.17. The van der Waals surface area contributed by atoms with E-state index < -0.39 is 0 Å². The van der Waals surface area contributed by atoms with Crippen LogP contribution < -0.4 is 15.8 Å². The lowest BCUT2D eigenvalue weighted by Gasteiger charge is -2.10. The highest BCUT2D eigenvalue weighted by molar-refractivity contribution is 5.94. The zero-order valence-corrected chi connectivity index (χ0v) is 11.8. The predicted octanol–water partition coefficient (Wildman–Crippen LogP) is 2.43. The van der Waals surface area contributed by atoms with E-state index in [-0.39, 0.29) is 12.5 Å². The Labute approximate surface area is 123 Å². The van der Waals surface area contributed by atoms with E-state index in [1.54, 1.807) is 25.3 Å². The van der Waals surface area contributed by atoms with Crippen molar-refractivity contribution in [2.75, 3.05) is 24.8 Å². The number of hydrogen-bond acceptors (Lipinski definition) is 4. The summed E-state index contributed by atoms with van der Waals surface area (Å²) in [6.45, 7) is 0.368. The van der Waals surface area contributed by atoms with Crippen LogP contribution in [0.5, 0.6) is 5.75 Å². The lowest BCUT2D eigenvalue weighted by Crippen LogP contribution is -2.19. The summed E-state index contributed by atoms with van der Waals surface area (Å²) in [5.41, 5.74) is 7.85. The summed E-state index contributed by atoms with van der Waals surface area (Å²) < 4.78 is 10.4. The van der Waals surface area contributed by atoms with E-state index >= 15 is 0 Å². The van der Waals surface area contributed by atoms with Gasteiger partial charge in [-0.3, -0.25) is 4.79 Å². The summed E-state index contributed by atoms with van der Waals surface area (Å²) in [4.78, 5) is 11.8. The third-order valence-electron chi connectivity index (χ3n) is 2.88. The van der Waals surface area contributed by atoms with Gasteiger partial charge in [0.2, 0.25) is 5.91 Å². The molecule has 0 saturated carbocycles. The summed E-state index contributed by atoms with van der Waals surface area (Å²) in [5, 5.41) is 2.70. The number of nitrogens with one attached hydrogen (secondary N) is 1. The fraction of sp³-hybridized carbons (Fsp3) is 0.188. The number of nitrogens with two attached hydrogens (primary N) is 1. The Hall–Kier alpha value is -2.53. The first-order valence-corrected chi connectivity index (χ1v) is 6.54. The van der Waals surface area contributed by atoms with E-state index in [9.17, 15) is 4.79 Å². The monoisotopic (exact) mass is 286 g/mol. The molecule has 0 fully saturated rings. The van der Waals surface area contributed by atoms with Crippen LogP contribution in [-0.2, 0) is 16.1 Å². The van der Waals surface area contributed by atoms with Crippen molar-refractivity contribution in [3.63, 3.8) is 0 Å². The average molecular weight is 286 g/mol. The van der Waals surface area contributed by atoms with Gasteiger partial charge in [0.25, 0.3) is 0 Å². The van der Waals surface area contributed by atoms with E-state index in [2.05, 4.69) is 5.32 Å². The molecular formula is C16H18N2O3. The molecule has 0 saturated heterocycles. The van der Waals surface area contributed by atoms with Crippen molar-refractivity contribution in [1.29, 1.82) is 0 Å². The normalized spacial score (nSPS) is 10.1. The van der Waals surface area contributed by atoms with Crippen molar-refractivity contribution in [3.05, 3.63) is 54.1 Å². The second-order valence-corrected chi connectivity index (χ2v) is 4.48. The maximum atomic E-state index is 11.8. The molecule has 2 aromatic carbocycles. The maximum absolute atomic E-state index is 11.8. The number of anilines is 2. The number of benzene rings is 2. The first-order valence-electron chi connectivity index (χ1n) is 6.54. The van der Waals surface area contributed by atoms with Crippen molar-refractivity contribution in [2.24, 2.45) is 0 Å². The number of carbonyl (C=O) groups is 1. The average Bonchev–Trinajstić information content (AvgIpc) is 2.50. The molecule has 0 aliphatic carbocycles. The molecule has 3 N–H and O–H groups in total. The van der Waals surface area contributed by atoms with Gasteiger partial charge in [-0.2, -0.15) is 0 Å². The van der Waals surface area contributed by atoms with Gasteiger partial charge in [0.05, 0.1) is 25.1 Å². The van der Waals surface area contributed by atoms with Crippen molar-refractivity contribution in [3.8, 4) is 5.75 Å². The minimum absolute atomic E-state index is 0.0274. The minimum Gasteiger partial charge on any atom is -0.497 e. The first kappa shape index (κ1) is 14.9. The Balaban J connectivity index is 1.82. The van der Waals surface area contributed by atoms with Gasteiger partial charge >= 0.3 is 0 Å². The standard InChI is InChI=1S/C16H18N2O3/c1-20-13-7-8-15(14(17)9-13)18-16(19)11-21-10-12-5-3-2-4-6-12/h2-9H,10-11,17H2,1H3,(H,18,19). The Morgan fingerprint density at radius 3 is 2.62 bits per heavy atom. The van der Waals surface area contributed by atoms with Gasteiger partial charge in [-0.05, 0) is 17.7 Å². The molecule has 5 nitrogen and oxygen atoms in total. The van der Waals surface area contributed by atoms with Crippen LogP contribution in [0.2, 0.25) is 0 Å². The van der Waals surface area contributed by atoms with Gasteiger partial charge in [0.15, 0.2) is 0 Å². The van der Waals surface area contributed by atoms with Gasteiger partial charge in [-0.1, -0.05) is 30.3 Å². The lowest BCUT2D eigenvalue weighted by atomic mass is 10.2. The quantitative estimate of drug-likeness (QED) is 0.800. The third kappa shape index (κ3) is 4.50. The Bertz CT molecular complexity index is 600. The molecule has 1 amide bonds. The second-order valence-electron chi connectivity index (χ2n) is 4.48. The number of amides is 1. The van der Waals surface area contributed by atoms with E-state index in [1.807, 2.05) is 30.3 Å². The number of nitrogen functional groups attached to an aromatic ring is 1. The fourth-order valence-electron chi connectivity index (χ4n) is 1.80. The summed E-state index contributed by atoms with van der Waals surface area (Å²) in [6, 6.07) is 14.8. The van der Waals surface area contributed by atoms with Crippen LogP contribution in [0.25, 0.3) is 0 Å². The van der Waals surface area contributed by atoms with Crippen LogP contribution in [0, 0.1) is 0 Å². The molecule has 5 heteroatoms. The van der Waals surface area contributed by atoms with E-state index in [1.165, 1.54) is 0 Å². The van der Waals surface area contributed by atoms with E-state index in [0.717, 1.165) is 5.56 Å². The smallest absolute Gasteiger partial charge is 0.250 e. The molecule has 0 aromatic heterocycles. The highest BCUT2D eigenvalue weighted by Crippen LogP contribution is 2.23. The van der Waals surface area contributed by atoms with Gasteiger partial charge < -0.3 is 20.5 Å².